The third-order valence-electron chi connectivity index (χ3n) is 1.94. The molecule has 0 saturated carbocycles. The minimum Gasteiger partial charge on any atom is -0.406 e. The summed E-state index contributed by atoms with van der Waals surface area (Å²) in [5, 5.41) is 0. The van der Waals surface area contributed by atoms with E-state index in [2.05, 4.69) is 11.3 Å². The summed E-state index contributed by atoms with van der Waals surface area (Å²) >= 11 is 0. The molecule has 0 unspecified atom stereocenters. The quantitative estimate of drug-likeness (QED) is 0.846. The smallest absolute Gasteiger partial charge is 0.406 e. The van der Waals surface area contributed by atoms with E-state index in [4.69, 9.17) is 5.73 Å². The van der Waals surface area contributed by atoms with Crippen LogP contribution in [0.3, 0.4) is 0 Å². The van der Waals surface area contributed by atoms with Gasteiger partial charge in [-0.1, -0.05) is 18.2 Å². The molecule has 96 valence electrons. The van der Waals surface area contributed by atoms with Gasteiger partial charge in [-0.15, -0.1) is 32.2 Å². The summed E-state index contributed by atoms with van der Waals surface area (Å²) in [6, 6.07) is 5.27. The molecular weight excluding hydrogens is 255 g/mol. The van der Waals surface area contributed by atoms with Crippen LogP contribution in [0.5, 0.6) is 5.75 Å². The third-order valence-corrected chi connectivity index (χ3v) is 1.94. The molecule has 0 heterocycles. The summed E-state index contributed by atoms with van der Waals surface area (Å²) in [5.74, 6) is -0.260. The lowest BCUT2D eigenvalue weighted by molar-refractivity contribution is -0.274. The van der Waals surface area contributed by atoms with Crippen molar-refractivity contribution < 1.29 is 17.9 Å². The molecule has 1 aromatic carbocycles. The van der Waals surface area contributed by atoms with E-state index in [0.717, 1.165) is 0 Å². The molecule has 0 saturated heterocycles. The van der Waals surface area contributed by atoms with E-state index in [0.29, 0.717) is 12.0 Å². The Balaban J connectivity index is 0.00000256. The maximum Gasteiger partial charge on any atom is 0.573 e. The first kappa shape index (κ1) is 15.8. The molecule has 2 N–H and O–H groups in total. The molecule has 1 rings (SSSR count). The highest BCUT2D eigenvalue weighted by Crippen LogP contribution is 2.25. The standard InChI is InChI=1S/C11H12F3NO.ClH/c1-2-4-10(15)8-5-3-6-9(7-8)16-11(12,13)14;/h2-3,5-7,10H,1,4,15H2;1H/t10-;/m0./s1. The second kappa shape index (κ2) is 6.51. The van der Waals surface area contributed by atoms with Gasteiger partial charge in [-0.3, -0.25) is 0 Å². The Bertz CT molecular complexity index is 368. The lowest BCUT2D eigenvalue weighted by atomic mass is 10.0. The monoisotopic (exact) mass is 267 g/mol. The number of hydrogen-bond acceptors (Lipinski definition) is 2. The van der Waals surface area contributed by atoms with Crippen LogP contribution in [0.1, 0.15) is 18.0 Å². The Labute approximate surface area is 104 Å². The molecule has 0 spiro atoms. The van der Waals surface area contributed by atoms with Crippen molar-refractivity contribution in [3.05, 3.63) is 42.5 Å². The minimum absolute atomic E-state index is 0. The van der Waals surface area contributed by atoms with Crippen molar-refractivity contribution in [3.63, 3.8) is 0 Å². The lowest BCUT2D eigenvalue weighted by Gasteiger charge is -2.13. The molecule has 1 atom stereocenters. The average molecular weight is 268 g/mol. The molecule has 0 fully saturated rings. The summed E-state index contributed by atoms with van der Waals surface area (Å²) in [4.78, 5) is 0. The largest absolute Gasteiger partial charge is 0.573 e. The van der Waals surface area contributed by atoms with Crippen molar-refractivity contribution in [2.45, 2.75) is 18.8 Å². The van der Waals surface area contributed by atoms with E-state index in [9.17, 15) is 13.2 Å². The summed E-state index contributed by atoms with van der Waals surface area (Å²) in [6.45, 7) is 3.52. The van der Waals surface area contributed by atoms with Crippen LogP contribution >= 0.6 is 12.4 Å². The number of rotatable bonds is 4. The Morgan fingerprint density at radius 1 is 1.41 bits per heavy atom. The fourth-order valence-corrected chi connectivity index (χ4v) is 1.26. The maximum absolute atomic E-state index is 12.0. The number of halogens is 4. The molecule has 0 radical (unpaired) electrons. The van der Waals surface area contributed by atoms with Crippen LogP contribution in [0.15, 0.2) is 36.9 Å². The van der Waals surface area contributed by atoms with E-state index in [1.54, 1.807) is 12.1 Å². The zero-order valence-electron chi connectivity index (χ0n) is 8.91. The van der Waals surface area contributed by atoms with Gasteiger partial charge in [0, 0.05) is 6.04 Å². The van der Waals surface area contributed by atoms with Gasteiger partial charge >= 0.3 is 6.36 Å². The SMILES string of the molecule is C=CC[C@H](N)c1cccc(OC(F)(F)F)c1.Cl. The van der Waals surface area contributed by atoms with Crippen LogP contribution in [0.4, 0.5) is 13.2 Å². The number of nitrogens with two attached hydrogens (primary N) is 1. The molecular formula is C11H13ClF3NO. The summed E-state index contributed by atoms with van der Waals surface area (Å²) in [5.41, 5.74) is 6.31. The van der Waals surface area contributed by atoms with Crippen molar-refractivity contribution in [3.8, 4) is 5.75 Å². The predicted octanol–water partition coefficient (Wildman–Crippen LogP) is 3.58. The molecule has 6 heteroatoms. The molecule has 2 nitrogen and oxygen atoms in total. The van der Waals surface area contributed by atoms with Gasteiger partial charge in [0.15, 0.2) is 0 Å². The second-order valence-electron chi connectivity index (χ2n) is 3.25. The average Bonchev–Trinajstić information content (AvgIpc) is 2.16. The highest BCUT2D eigenvalue weighted by Gasteiger charge is 2.31. The Morgan fingerprint density at radius 2 is 2.06 bits per heavy atom. The number of hydrogen-bond donors (Lipinski definition) is 1. The van der Waals surface area contributed by atoms with E-state index in [1.807, 2.05) is 0 Å². The molecule has 0 aromatic heterocycles. The minimum atomic E-state index is -4.68. The zero-order chi connectivity index (χ0) is 12.2. The van der Waals surface area contributed by atoms with E-state index in [-0.39, 0.29) is 24.2 Å². The third kappa shape index (κ3) is 5.60. The first-order chi connectivity index (χ1) is 7.42. The summed E-state index contributed by atoms with van der Waals surface area (Å²) in [6.07, 6.45) is -2.57. The number of benzene rings is 1. The van der Waals surface area contributed by atoms with Crippen LogP contribution in [-0.2, 0) is 0 Å². The van der Waals surface area contributed by atoms with Gasteiger partial charge < -0.3 is 10.5 Å². The summed E-state index contributed by atoms with van der Waals surface area (Å²) in [7, 11) is 0. The lowest BCUT2D eigenvalue weighted by Crippen LogP contribution is -2.17. The number of alkyl halides is 3. The van der Waals surface area contributed by atoms with Crippen LogP contribution in [0.25, 0.3) is 0 Å². The second-order valence-corrected chi connectivity index (χ2v) is 3.25. The Hall–Kier alpha value is -1.20. The first-order valence-corrected chi connectivity index (χ1v) is 4.64. The van der Waals surface area contributed by atoms with Crippen LogP contribution in [-0.4, -0.2) is 6.36 Å². The molecule has 0 bridgehead atoms. The van der Waals surface area contributed by atoms with Gasteiger partial charge in [-0.25, -0.2) is 0 Å². The van der Waals surface area contributed by atoms with Crippen LogP contribution in [0, 0.1) is 0 Å². The molecule has 17 heavy (non-hydrogen) atoms. The molecule has 1 aromatic rings. The van der Waals surface area contributed by atoms with Crippen LogP contribution in [0.2, 0.25) is 0 Å². The normalized spacial score (nSPS) is 12.5. The van der Waals surface area contributed by atoms with Gasteiger partial charge in [-0.05, 0) is 24.1 Å². The van der Waals surface area contributed by atoms with Gasteiger partial charge in [0.2, 0.25) is 0 Å². The number of ether oxygens (including phenoxy) is 1. The molecule has 0 aliphatic heterocycles. The molecule has 0 aliphatic rings. The van der Waals surface area contributed by atoms with Crippen molar-refractivity contribution >= 4 is 12.4 Å². The van der Waals surface area contributed by atoms with Crippen molar-refractivity contribution in [1.82, 2.24) is 0 Å². The molecule has 0 aliphatic carbocycles. The van der Waals surface area contributed by atoms with E-state index in [1.165, 1.54) is 18.2 Å². The maximum atomic E-state index is 12.0. The summed E-state index contributed by atoms with van der Waals surface area (Å²) < 4.78 is 39.6. The van der Waals surface area contributed by atoms with Gasteiger partial charge in [0.1, 0.15) is 5.75 Å². The van der Waals surface area contributed by atoms with Gasteiger partial charge in [-0.2, -0.15) is 0 Å². The highest BCUT2D eigenvalue weighted by molar-refractivity contribution is 5.85. The van der Waals surface area contributed by atoms with Gasteiger partial charge in [0.05, 0.1) is 0 Å². The van der Waals surface area contributed by atoms with Crippen molar-refractivity contribution in [2.24, 2.45) is 5.73 Å². The Morgan fingerprint density at radius 3 is 2.59 bits per heavy atom. The highest BCUT2D eigenvalue weighted by atomic mass is 35.5. The van der Waals surface area contributed by atoms with E-state index >= 15 is 0 Å². The van der Waals surface area contributed by atoms with Crippen LogP contribution < -0.4 is 10.5 Å². The first-order valence-electron chi connectivity index (χ1n) is 4.64. The topological polar surface area (TPSA) is 35.2 Å². The van der Waals surface area contributed by atoms with E-state index < -0.39 is 6.36 Å². The van der Waals surface area contributed by atoms with Crippen molar-refractivity contribution in [2.75, 3.05) is 0 Å². The predicted molar refractivity (Wildman–Crippen MR) is 62.1 cm³/mol. The molecule has 0 amide bonds. The van der Waals surface area contributed by atoms with Gasteiger partial charge in [0.25, 0.3) is 0 Å². The fraction of sp³-hybridized carbons (Fsp3) is 0.273. The fourth-order valence-electron chi connectivity index (χ4n) is 1.26. The van der Waals surface area contributed by atoms with Crippen molar-refractivity contribution in [1.29, 1.82) is 0 Å². The zero-order valence-corrected chi connectivity index (χ0v) is 9.72. The Kier molecular flexibility index (Phi) is 6.05.